The largest absolute Gasteiger partial charge is 0.468 e. The summed E-state index contributed by atoms with van der Waals surface area (Å²) in [5, 5.41) is 0. The van der Waals surface area contributed by atoms with Gasteiger partial charge in [-0.1, -0.05) is 52.9 Å². The zero-order valence-electron chi connectivity index (χ0n) is 12.5. The number of esters is 1. The molecule has 0 N–H and O–H groups in total. The molecular weight excluding hydrogens is 391 g/mol. The lowest BCUT2D eigenvalue weighted by molar-refractivity contribution is -0.139. The van der Waals surface area contributed by atoms with E-state index in [1.807, 2.05) is 42.5 Å². The monoisotopic (exact) mass is 410 g/mol. The van der Waals surface area contributed by atoms with E-state index in [1.54, 1.807) is 0 Å². The molecule has 1 unspecified atom stereocenters. The summed E-state index contributed by atoms with van der Waals surface area (Å²) < 4.78 is 10.4. The van der Waals surface area contributed by atoms with Crippen LogP contribution >= 0.6 is 22.6 Å². The summed E-state index contributed by atoms with van der Waals surface area (Å²) in [6.07, 6.45) is 2.74. The number of aryl methyl sites for hydroxylation is 1. The first-order valence-electron chi connectivity index (χ1n) is 7.23. The predicted octanol–water partition coefficient (Wildman–Crippen LogP) is 4.78. The van der Waals surface area contributed by atoms with Gasteiger partial charge in [0.05, 0.1) is 7.11 Å². The number of ether oxygens (including phenoxy) is 2. The smallest absolute Gasteiger partial charge is 0.318 e. The van der Waals surface area contributed by atoms with Crippen LogP contribution in [0, 0.1) is 0 Å². The van der Waals surface area contributed by atoms with Crippen LogP contribution in [0.25, 0.3) is 0 Å². The molecule has 4 heteroatoms. The minimum atomic E-state index is -0.146. The number of rotatable bonds is 7. The van der Waals surface area contributed by atoms with E-state index in [9.17, 15) is 4.79 Å². The van der Waals surface area contributed by atoms with E-state index < -0.39 is 0 Å². The molecular formula is C18H19IO3. The quantitative estimate of drug-likeness (QED) is 0.375. The third-order valence-corrected chi connectivity index (χ3v) is 4.41. The topological polar surface area (TPSA) is 35.5 Å². The van der Waals surface area contributed by atoms with Gasteiger partial charge in [0.2, 0.25) is 0 Å². The number of methoxy groups -OCH3 is 1. The Morgan fingerprint density at radius 1 is 1.05 bits per heavy atom. The van der Waals surface area contributed by atoms with Gasteiger partial charge in [-0.15, -0.1) is 0 Å². The Hall–Kier alpha value is -1.56. The Bertz CT molecular complexity index is 581. The van der Waals surface area contributed by atoms with Crippen LogP contribution in [0.15, 0.2) is 54.6 Å². The van der Waals surface area contributed by atoms with E-state index in [0.717, 1.165) is 30.8 Å². The van der Waals surface area contributed by atoms with Gasteiger partial charge in [0.25, 0.3) is 0 Å². The van der Waals surface area contributed by atoms with Gasteiger partial charge in [-0.25, -0.2) is 0 Å². The highest BCUT2D eigenvalue weighted by Crippen LogP contribution is 2.22. The van der Waals surface area contributed by atoms with Crippen molar-refractivity contribution in [2.45, 2.75) is 23.2 Å². The number of halogens is 1. The van der Waals surface area contributed by atoms with Gasteiger partial charge in [-0.2, -0.15) is 0 Å². The SMILES string of the molecule is COC(=O)C(I)CCCc1ccc(Oc2ccccc2)cc1. The van der Waals surface area contributed by atoms with Crippen LogP contribution in [0.1, 0.15) is 18.4 Å². The van der Waals surface area contributed by atoms with Crippen molar-refractivity contribution in [3.8, 4) is 11.5 Å². The second kappa shape index (κ2) is 8.78. The lowest BCUT2D eigenvalue weighted by Gasteiger charge is -2.08. The minimum Gasteiger partial charge on any atom is -0.468 e. The number of para-hydroxylation sites is 1. The maximum absolute atomic E-state index is 11.3. The van der Waals surface area contributed by atoms with Crippen molar-refractivity contribution in [1.82, 2.24) is 0 Å². The van der Waals surface area contributed by atoms with Crippen LogP contribution in [-0.2, 0) is 16.0 Å². The molecule has 0 saturated heterocycles. The number of carbonyl (C=O) groups excluding carboxylic acids is 1. The summed E-state index contributed by atoms with van der Waals surface area (Å²) in [4.78, 5) is 11.3. The zero-order valence-corrected chi connectivity index (χ0v) is 14.7. The molecule has 0 fully saturated rings. The minimum absolute atomic E-state index is 0.0664. The van der Waals surface area contributed by atoms with Crippen LogP contribution in [0.2, 0.25) is 0 Å². The van der Waals surface area contributed by atoms with Crippen LogP contribution in [-0.4, -0.2) is 17.0 Å². The second-order valence-corrected chi connectivity index (χ2v) is 6.45. The fourth-order valence-corrected chi connectivity index (χ4v) is 2.77. The van der Waals surface area contributed by atoms with Gasteiger partial charge in [0.15, 0.2) is 0 Å². The van der Waals surface area contributed by atoms with Crippen molar-refractivity contribution < 1.29 is 14.3 Å². The molecule has 22 heavy (non-hydrogen) atoms. The third kappa shape index (κ3) is 5.33. The van der Waals surface area contributed by atoms with E-state index in [2.05, 4.69) is 34.7 Å². The lowest BCUT2D eigenvalue weighted by Crippen LogP contribution is -2.15. The highest BCUT2D eigenvalue weighted by atomic mass is 127. The molecule has 3 nitrogen and oxygen atoms in total. The van der Waals surface area contributed by atoms with Gasteiger partial charge >= 0.3 is 5.97 Å². The van der Waals surface area contributed by atoms with Crippen LogP contribution in [0.4, 0.5) is 0 Å². The zero-order chi connectivity index (χ0) is 15.8. The van der Waals surface area contributed by atoms with Crippen LogP contribution in [0.5, 0.6) is 11.5 Å². The normalized spacial score (nSPS) is 11.7. The molecule has 2 aromatic carbocycles. The van der Waals surface area contributed by atoms with Gasteiger partial charge in [0, 0.05) is 0 Å². The Morgan fingerprint density at radius 2 is 1.68 bits per heavy atom. The van der Waals surface area contributed by atoms with Crippen molar-refractivity contribution in [2.24, 2.45) is 0 Å². The van der Waals surface area contributed by atoms with E-state index in [1.165, 1.54) is 12.7 Å². The van der Waals surface area contributed by atoms with Crippen LogP contribution < -0.4 is 4.74 Å². The Kier molecular flexibility index (Phi) is 6.71. The average molecular weight is 410 g/mol. The van der Waals surface area contributed by atoms with Crippen molar-refractivity contribution >= 4 is 28.6 Å². The van der Waals surface area contributed by atoms with Gasteiger partial charge < -0.3 is 9.47 Å². The molecule has 0 heterocycles. The highest BCUT2D eigenvalue weighted by Gasteiger charge is 2.14. The van der Waals surface area contributed by atoms with E-state index in [0.29, 0.717) is 0 Å². The summed E-state index contributed by atoms with van der Waals surface area (Å²) in [5.41, 5.74) is 1.24. The molecule has 0 aliphatic carbocycles. The Balaban J connectivity index is 1.81. The Morgan fingerprint density at radius 3 is 2.32 bits per heavy atom. The summed E-state index contributed by atoms with van der Waals surface area (Å²) in [6, 6.07) is 17.8. The fourth-order valence-electron chi connectivity index (χ4n) is 2.08. The van der Waals surface area contributed by atoms with Gasteiger partial charge in [-0.3, -0.25) is 4.79 Å². The molecule has 0 radical (unpaired) electrons. The maximum atomic E-state index is 11.3. The van der Waals surface area contributed by atoms with Crippen molar-refractivity contribution in [1.29, 1.82) is 0 Å². The lowest BCUT2D eigenvalue weighted by atomic mass is 10.1. The molecule has 0 aliphatic heterocycles. The molecule has 116 valence electrons. The highest BCUT2D eigenvalue weighted by molar-refractivity contribution is 14.1. The maximum Gasteiger partial charge on any atom is 0.318 e. The van der Waals surface area contributed by atoms with E-state index >= 15 is 0 Å². The Labute approximate surface area is 144 Å². The molecule has 0 aromatic heterocycles. The first-order valence-corrected chi connectivity index (χ1v) is 8.47. The van der Waals surface area contributed by atoms with Crippen molar-refractivity contribution in [2.75, 3.05) is 7.11 Å². The molecule has 0 spiro atoms. The summed E-state index contributed by atoms with van der Waals surface area (Å²) in [6.45, 7) is 0. The van der Waals surface area contributed by atoms with Gasteiger partial charge in [-0.05, 0) is 49.1 Å². The fraction of sp³-hybridized carbons (Fsp3) is 0.278. The number of alkyl halides is 1. The number of benzene rings is 2. The summed E-state index contributed by atoms with van der Waals surface area (Å²) >= 11 is 2.13. The molecule has 1 atom stereocenters. The number of carbonyl (C=O) groups is 1. The molecule has 0 bridgehead atoms. The molecule has 2 aromatic rings. The predicted molar refractivity (Wildman–Crippen MR) is 95.7 cm³/mol. The van der Waals surface area contributed by atoms with Crippen molar-refractivity contribution in [3.63, 3.8) is 0 Å². The van der Waals surface area contributed by atoms with E-state index in [-0.39, 0.29) is 9.89 Å². The number of hydrogen-bond acceptors (Lipinski definition) is 3. The molecule has 0 aliphatic rings. The summed E-state index contributed by atoms with van der Waals surface area (Å²) in [5.74, 6) is 1.52. The molecule has 2 rings (SSSR count). The first kappa shape index (κ1) is 16.8. The summed E-state index contributed by atoms with van der Waals surface area (Å²) in [7, 11) is 1.43. The third-order valence-electron chi connectivity index (χ3n) is 3.28. The number of hydrogen-bond donors (Lipinski definition) is 0. The van der Waals surface area contributed by atoms with Gasteiger partial charge in [0.1, 0.15) is 15.4 Å². The standard InChI is InChI=1S/C18H19IO3/c1-21-18(20)17(19)9-5-6-14-10-12-16(13-11-14)22-15-7-3-2-4-8-15/h2-4,7-8,10-13,17H,5-6,9H2,1H3. The average Bonchev–Trinajstić information content (AvgIpc) is 2.56. The van der Waals surface area contributed by atoms with E-state index in [4.69, 9.17) is 9.47 Å². The van der Waals surface area contributed by atoms with Crippen molar-refractivity contribution in [3.05, 3.63) is 60.2 Å². The second-order valence-electron chi connectivity index (χ2n) is 4.94. The molecule has 0 amide bonds. The molecule has 0 saturated carbocycles. The first-order chi connectivity index (χ1) is 10.7. The van der Waals surface area contributed by atoms with Crippen LogP contribution in [0.3, 0.4) is 0 Å².